The number of halogens is 1. The molecule has 0 spiro atoms. The van der Waals surface area contributed by atoms with Gasteiger partial charge in [-0.3, -0.25) is 5.10 Å². The van der Waals surface area contributed by atoms with Crippen LogP contribution < -0.4 is 5.32 Å². The maximum Gasteiger partial charge on any atom is 0.180 e. The lowest BCUT2D eigenvalue weighted by Gasteiger charge is -2.06. The van der Waals surface area contributed by atoms with Gasteiger partial charge in [-0.2, -0.15) is 10.2 Å². The van der Waals surface area contributed by atoms with Crippen LogP contribution in [0.5, 0.6) is 0 Å². The Bertz CT molecular complexity index is 1060. The molecule has 0 saturated carbocycles. The minimum atomic E-state index is 0.557. The van der Waals surface area contributed by atoms with E-state index in [4.69, 9.17) is 11.6 Å². The fraction of sp³-hybridized carbons (Fsp3) is 0. The Balaban J connectivity index is 1.76. The lowest BCUT2D eigenvalue weighted by atomic mass is 10.1. The Morgan fingerprint density at radius 2 is 1.44 bits per heavy atom. The smallest absolute Gasteiger partial charge is 0.180 e. The maximum absolute atomic E-state index is 6.27. The van der Waals surface area contributed by atoms with E-state index in [1.807, 2.05) is 84.9 Å². The molecule has 1 aromatic heterocycles. The predicted octanol–water partition coefficient (Wildman–Crippen LogP) is 6.89. The van der Waals surface area contributed by atoms with Gasteiger partial charge in [0.1, 0.15) is 0 Å². The monoisotopic (exact) mass is 373 g/mol. The second-order valence-electron chi connectivity index (χ2n) is 5.80. The molecule has 3 aromatic carbocycles. The van der Waals surface area contributed by atoms with Crippen molar-refractivity contribution in [2.75, 3.05) is 5.32 Å². The quantitative estimate of drug-likeness (QED) is 0.374. The third kappa shape index (κ3) is 3.88. The van der Waals surface area contributed by atoms with Crippen molar-refractivity contribution in [2.24, 2.45) is 10.2 Å². The first-order valence-electron chi connectivity index (χ1n) is 8.43. The van der Waals surface area contributed by atoms with E-state index < -0.39 is 0 Å². The topological polar surface area (TPSA) is 65.4 Å². The Morgan fingerprint density at radius 3 is 2.19 bits per heavy atom. The third-order valence-corrected chi connectivity index (χ3v) is 4.28. The van der Waals surface area contributed by atoms with Gasteiger partial charge in [0, 0.05) is 5.56 Å². The highest BCUT2D eigenvalue weighted by atomic mass is 35.5. The van der Waals surface area contributed by atoms with Crippen LogP contribution in [-0.4, -0.2) is 10.2 Å². The fourth-order valence-corrected chi connectivity index (χ4v) is 2.80. The lowest BCUT2D eigenvalue weighted by Crippen LogP contribution is -1.91. The standard InChI is InChI=1S/C21H16ClN5/c22-17-13-7-8-14-18(17)23-21-20(26-24-16-11-5-2-6-12-16)19(25-27-21)15-9-3-1-4-10-15/h1-14H,(H2,23,25,27). The van der Waals surface area contributed by atoms with Crippen LogP contribution in [-0.2, 0) is 0 Å². The lowest BCUT2D eigenvalue weighted by molar-refractivity contribution is 1.10. The molecule has 0 aliphatic carbocycles. The molecule has 0 radical (unpaired) electrons. The molecule has 132 valence electrons. The normalized spacial score (nSPS) is 11.0. The predicted molar refractivity (Wildman–Crippen MR) is 109 cm³/mol. The van der Waals surface area contributed by atoms with Gasteiger partial charge in [-0.25, -0.2) is 0 Å². The molecule has 4 aromatic rings. The van der Waals surface area contributed by atoms with E-state index in [2.05, 4.69) is 25.7 Å². The van der Waals surface area contributed by atoms with Crippen molar-refractivity contribution in [1.82, 2.24) is 10.2 Å². The van der Waals surface area contributed by atoms with Gasteiger partial charge < -0.3 is 5.32 Å². The first kappa shape index (κ1) is 17.0. The molecular weight excluding hydrogens is 358 g/mol. The average molecular weight is 374 g/mol. The van der Waals surface area contributed by atoms with Gasteiger partial charge in [-0.15, -0.1) is 5.11 Å². The summed E-state index contributed by atoms with van der Waals surface area (Å²) in [6.07, 6.45) is 0. The summed E-state index contributed by atoms with van der Waals surface area (Å²) in [4.78, 5) is 0. The van der Waals surface area contributed by atoms with Gasteiger partial charge in [0.25, 0.3) is 0 Å². The zero-order valence-corrected chi connectivity index (χ0v) is 15.1. The van der Waals surface area contributed by atoms with Gasteiger partial charge in [-0.1, -0.05) is 72.3 Å². The van der Waals surface area contributed by atoms with E-state index in [0.29, 0.717) is 16.5 Å². The molecule has 0 saturated heterocycles. The number of anilines is 2. The van der Waals surface area contributed by atoms with Crippen LogP contribution in [0.2, 0.25) is 5.02 Å². The van der Waals surface area contributed by atoms with Gasteiger partial charge in [-0.05, 0) is 24.3 Å². The summed E-state index contributed by atoms with van der Waals surface area (Å²) in [6, 6.07) is 27.0. The number of hydrogen-bond acceptors (Lipinski definition) is 4. The Labute approximate surface area is 161 Å². The molecule has 0 amide bonds. The summed E-state index contributed by atoms with van der Waals surface area (Å²) in [5, 5.41) is 20.1. The van der Waals surface area contributed by atoms with Crippen molar-refractivity contribution in [1.29, 1.82) is 0 Å². The molecular formula is C21H16ClN5. The second kappa shape index (κ2) is 7.85. The van der Waals surface area contributed by atoms with Crippen LogP contribution in [0.4, 0.5) is 22.9 Å². The highest BCUT2D eigenvalue weighted by molar-refractivity contribution is 6.33. The molecule has 0 aliphatic rings. The van der Waals surface area contributed by atoms with E-state index in [-0.39, 0.29) is 0 Å². The van der Waals surface area contributed by atoms with Crippen molar-refractivity contribution in [3.63, 3.8) is 0 Å². The Hall–Kier alpha value is -3.44. The first-order chi connectivity index (χ1) is 13.3. The van der Waals surface area contributed by atoms with E-state index >= 15 is 0 Å². The summed E-state index contributed by atoms with van der Waals surface area (Å²) in [6.45, 7) is 0. The number of aromatic amines is 1. The van der Waals surface area contributed by atoms with Crippen molar-refractivity contribution >= 4 is 34.5 Å². The Morgan fingerprint density at radius 1 is 0.778 bits per heavy atom. The van der Waals surface area contributed by atoms with Crippen molar-refractivity contribution in [3.05, 3.63) is 90.0 Å². The zero-order valence-electron chi connectivity index (χ0n) is 14.3. The zero-order chi connectivity index (χ0) is 18.5. The third-order valence-electron chi connectivity index (χ3n) is 3.95. The summed E-state index contributed by atoms with van der Waals surface area (Å²) >= 11 is 6.27. The minimum Gasteiger partial charge on any atom is -0.336 e. The van der Waals surface area contributed by atoms with Gasteiger partial charge in [0.2, 0.25) is 0 Å². The van der Waals surface area contributed by atoms with Crippen LogP contribution in [0.25, 0.3) is 11.3 Å². The highest BCUT2D eigenvalue weighted by Crippen LogP contribution is 2.38. The molecule has 0 bridgehead atoms. The molecule has 4 rings (SSSR count). The van der Waals surface area contributed by atoms with Crippen LogP contribution in [0.3, 0.4) is 0 Å². The largest absolute Gasteiger partial charge is 0.336 e. The summed E-state index contributed by atoms with van der Waals surface area (Å²) in [5.41, 5.74) is 3.89. The molecule has 6 heteroatoms. The number of para-hydroxylation sites is 1. The summed E-state index contributed by atoms with van der Waals surface area (Å²) in [7, 11) is 0. The number of nitrogens with zero attached hydrogens (tertiary/aromatic N) is 3. The number of benzene rings is 3. The number of aromatic nitrogens is 2. The van der Waals surface area contributed by atoms with Crippen LogP contribution in [0, 0.1) is 0 Å². The molecule has 27 heavy (non-hydrogen) atoms. The fourth-order valence-electron chi connectivity index (χ4n) is 2.62. The van der Waals surface area contributed by atoms with Crippen LogP contribution in [0.1, 0.15) is 0 Å². The van der Waals surface area contributed by atoms with Gasteiger partial charge >= 0.3 is 0 Å². The number of nitrogens with one attached hydrogen (secondary N) is 2. The minimum absolute atomic E-state index is 0.557. The van der Waals surface area contributed by atoms with Gasteiger partial charge in [0.05, 0.1) is 22.1 Å². The number of azo groups is 1. The number of H-pyrrole nitrogens is 1. The van der Waals surface area contributed by atoms with E-state index in [1.165, 1.54) is 0 Å². The Kier molecular flexibility index (Phi) is 4.94. The van der Waals surface area contributed by atoms with E-state index in [0.717, 1.165) is 22.6 Å². The van der Waals surface area contributed by atoms with E-state index in [1.54, 1.807) is 0 Å². The van der Waals surface area contributed by atoms with Crippen LogP contribution >= 0.6 is 11.6 Å². The summed E-state index contributed by atoms with van der Waals surface area (Å²) in [5.74, 6) is 0.557. The van der Waals surface area contributed by atoms with Crippen LogP contribution in [0.15, 0.2) is 95.2 Å². The number of rotatable bonds is 5. The van der Waals surface area contributed by atoms with Gasteiger partial charge in [0.15, 0.2) is 11.5 Å². The average Bonchev–Trinajstić information content (AvgIpc) is 3.12. The highest BCUT2D eigenvalue weighted by Gasteiger charge is 2.16. The second-order valence-corrected chi connectivity index (χ2v) is 6.21. The molecule has 2 N–H and O–H groups in total. The molecule has 0 fully saturated rings. The summed E-state index contributed by atoms with van der Waals surface area (Å²) < 4.78 is 0. The van der Waals surface area contributed by atoms with Crippen molar-refractivity contribution < 1.29 is 0 Å². The molecule has 1 heterocycles. The maximum atomic E-state index is 6.27. The molecule has 0 unspecified atom stereocenters. The van der Waals surface area contributed by atoms with Crippen molar-refractivity contribution in [2.45, 2.75) is 0 Å². The molecule has 0 atom stereocenters. The molecule has 5 nitrogen and oxygen atoms in total. The molecule has 0 aliphatic heterocycles. The van der Waals surface area contributed by atoms with Crippen molar-refractivity contribution in [3.8, 4) is 11.3 Å². The SMILES string of the molecule is Clc1ccccc1Nc1n[nH]c(-c2ccccc2)c1N=Nc1ccccc1. The number of hydrogen-bond donors (Lipinski definition) is 2. The first-order valence-corrected chi connectivity index (χ1v) is 8.81. The van der Waals surface area contributed by atoms with E-state index in [9.17, 15) is 0 Å².